The fourth-order valence-corrected chi connectivity index (χ4v) is 2.48. The first-order valence-corrected chi connectivity index (χ1v) is 6.63. The molecule has 1 aromatic heterocycles. The van der Waals surface area contributed by atoms with E-state index >= 15 is 0 Å². The Hall–Kier alpha value is -1.94. The molecule has 0 bridgehead atoms. The highest BCUT2D eigenvalue weighted by molar-refractivity contribution is 6.17. The van der Waals surface area contributed by atoms with Crippen molar-refractivity contribution in [2.24, 2.45) is 0 Å². The van der Waals surface area contributed by atoms with Crippen molar-refractivity contribution in [1.29, 1.82) is 0 Å². The van der Waals surface area contributed by atoms with Crippen LogP contribution < -0.4 is 0 Å². The fourth-order valence-electron chi connectivity index (χ4n) is 2.30. The fraction of sp³-hybridized carbons (Fsp3) is 0.133. The van der Waals surface area contributed by atoms with Gasteiger partial charge in [0.25, 0.3) is 0 Å². The summed E-state index contributed by atoms with van der Waals surface area (Å²) in [5, 5.41) is 0. The van der Waals surface area contributed by atoms with Gasteiger partial charge in [-0.1, -0.05) is 12.1 Å². The largest absolute Gasteiger partial charge is 0.292 e. The predicted molar refractivity (Wildman–Crippen MR) is 75.3 cm³/mol. The van der Waals surface area contributed by atoms with Crippen LogP contribution in [0.5, 0.6) is 0 Å². The molecular weight excluding hydrogens is 282 g/mol. The molecule has 0 aliphatic heterocycles. The summed E-state index contributed by atoms with van der Waals surface area (Å²) in [7, 11) is 0. The molecule has 0 fully saturated rings. The average Bonchev–Trinajstić information content (AvgIpc) is 2.81. The maximum Gasteiger partial charge on any atom is 0.147 e. The number of hydrogen-bond donors (Lipinski definition) is 0. The summed E-state index contributed by atoms with van der Waals surface area (Å²) in [5.74, 6) is -0.417. The van der Waals surface area contributed by atoms with E-state index in [9.17, 15) is 8.78 Å². The molecule has 2 nitrogen and oxygen atoms in total. The van der Waals surface area contributed by atoms with Crippen molar-refractivity contribution < 1.29 is 8.78 Å². The van der Waals surface area contributed by atoms with E-state index < -0.39 is 11.6 Å². The zero-order chi connectivity index (χ0) is 14.3. The van der Waals surface area contributed by atoms with Gasteiger partial charge in [0.2, 0.25) is 0 Å². The molecule has 1 heterocycles. The zero-order valence-electron chi connectivity index (χ0n) is 10.7. The number of aromatic nitrogens is 2. The van der Waals surface area contributed by atoms with Crippen LogP contribution in [0.3, 0.4) is 0 Å². The van der Waals surface area contributed by atoms with Crippen LogP contribution in [-0.4, -0.2) is 9.55 Å². The van der Waals surface area contributed by atoms with Gasteiger partial charge >= 0.3 is 0 Å². The van der Waals surface area contributed by atoms with Crippen molar-refractivity contribution in [3.05, 3.63) is 59.4 Å². The van der Waals surface area contributed by atoms with Crippen molar-refractivity contribution in [1.82, 2.24) is 9.55 Å². The van der Waals surface area contributed by atoms with Crippen molar-refractivity contribution >= 4 is 22.6 Å². The zero-order valence-corrected chi connectivity index (χ0v) is 11.5. The topological polar surface area (TPSA) is 17.8 Å². The van der Waals surface area contributed by atoms with Crippen molar-refractivity contribution in [3.63, 3.8) is 0 Å². The minimum Gasteiger partial charge on any atom is -0.292 e. The molecule has 102 valence electrons. The lowest BCUT2D eigenvalue weighted by atomic mass is 10.2. The maximum atomic E-state index is 14.0. The molecule has 2 aromatic carbocycles. The highest BCUT2D eigenvalue weighted by atomic mass is 35.5. The Morgan fingerprint density at radius 1 is 1.20 bits per heavy atom. The Kier molecular flexibility index (Phi) is 3.18. The van der Waals surface area contributed by atoms with Gasteiger partial charge in [-0.05, 0) is 30.7 Å². The van der Waals surface area contributed by atoms with Crippen LogP contribution in [0.25, 0.3) is 16.7 Å². The maximum absolute atomic E-state index is 14.0. The molecule has 0 saturated carbocycles. The van der Waals surface area contributed by atoms with Gasteiger partial charge in [0, 0.05) is 6.07 Å². The summed E-state index contributed by atoms with van der Waals surface area (Å²) in [6.45, 7) is 1.92. The molecule has 20 heavy (non-hydrogen) atoms. The van der Waals surface area contributed by atoms with E-state index in [2.05, 4.69) is 4.98 Å². The van der Waals surface area contributed by atoms with E-state index in [1.165, 1.54) is 0 Å². The van der Waals surface area contributed by atoms with Crippen LogP contribution in [0, 0.1) is 18.6 Å². The van der Waals surface area contributed by atoms with Gasteiger partial charge in [-0.25, -0.2) is 13.8 Å². The van der Waals surface area contributed by atoms with Crippen LogP contribution in [0.4, 0.5) is 8.78 Å². The number of halogens is 3. The molecule has 0 N–H and O–H groups in total. The Morgan fingerprint density at radius 3 is 2.75 bits per heavy atom. The van der Waals surface area contributed by atoms with Crippen molar-refractivity contribution in [2.45, 2.75) is 12.8 Å². The molecule has 0 spiro atoms. The molecule has 0 radical (unpaired) electrons. The first-order chi connectivity index (χ1) is 9.61. The Bertz CT molecular complexity index is 796. The number of fused-ring (bicyclic) bond motifs is 1. The van der Waals surface area contributed by atoms with Crippen molar-refractivity contribution in [2.75, 3.05) is 0 Å². The average molecular weight is 293 g/mol. The molecule has 0 saturated heterocycles. The van der Waals surface area contributed by atoms with Crippen LogP contribution in [0.15, 0.2) is 36.4 Å². The molecule has 3 rings (SSSR count). The number of imidazole rings is 1. The number of nitrogens with zero attached hydrogens (tertiary/aromatic N) is 2. The summed E-state index contributed by atoms with van der Waals surface area (Å²) in [5.41, 5.74) is 2.54. The predicted octanol–water partition coefficient (Wildman–Crippen LogP) is 4.35. The minimum atomic E-state index is -0.515. The Labute approximate surface area is 119 Å². The second kappa shape index (κ2) is 4.87. The number of alkyl halides is 1. The Balaban J connectivity index is 2.40. The van der Waals surface area contributed by atoms with E-state index in [0.717, 1.165) is 29.3 Å². The van der Waals surface area contributed by atoms with Crippen LogP contribution in [0.2, 0.25) is 0 Å². The number of rotatable bonds is 2. The van der Waals surface area contributed by atoms with E-state index in [1.54, 1.807) is 4.57 Å². The van der Waals surface area contributed by atoms with Crippen molar-refractivity contribution in [3.8, 4) is 5.69 Å². The summed E-state index contributed by atoms with van der Waals surface area (Å²) in [6.07, 6.45) is 0. The third kappa shape index (κ3) is 1.96. The quantitative estimate of drug-likeness (QED) is 0.642. The highest BCUT2D eigenvalue weighted by Crippen LogP contribution is 2.26. The van der Waals surface area contributed by atoms with Crippen LogP contribution >= 0.6 is 11.6 Å². The van der Waals surface area contributed by atoms with Gasteiger partial charge < -0.3 is 0 Å². The summed E-state index contributed by atoms with van der Waals surface area (Å²) < 4.78 is 29.0. The second-order valence-corrected chi connectivity index (χ2v) is 4.80. The normalized spacial score (nSPS) is 11.2. The monoisotopic (exact) mass is 292 g/mol. The van der Waals surface area contributed by atoms with Gasteiger partial charge in [0.05, 0.1) is 22.6 Å². The first-order valence-electron chi connectivity index (χ1n) is 6.10. The number of benzene rings is 2. The SMILES string of the molecule is Cc1cccc2c1nc(CCl)n2-c1cc(F)ccc1F. The van der Waals surface area contributed by atoms with E-state index in [0.29, 0.717) is 11.3 Å². The van der Waals surface area contributed by atoms with Gasteiger partial charge in [-0.2, -0.15) is 0 Å². The molecule has 0 aliphatic rings. The Morgan fingerprint density at radius 2 is 2.00 bits per heavy atom. The summed E-state index contributed by atoms with van der Waals surface area (Å²) in [6, 6.07) is 8.92. The summed E-state index contributed by atoms with van der Waals surface area (Å²) >= 11 is 5.90. The second-order valence-electron chi connectivity index (χ2n) is 4.54. The highest BCUT2D eigenvalue weighted by Gasteiger charge is 2.16. The smallest absolute Gasteiger partial charge is 0.147 e. The molecular formula is C15H11ClF2N2. The molecule has 0 aliphatic carbocycles. The number of para-hydroxylation sites is 1. The standard InChI is InChI=1S/C15H11ClF2N2/c1-9-3-2-4-12-15(9)19-14(8-16)20(12)13-7-10(17)5-6-11(13)18/h2-7H,8H2,1H3. The van der Waals surface area contributed by atoms with E-state index in [1.807, 2.05) is 25.1 Å². The lowest BCUT2D eigenvalue weighted by molar-refractivity contribution is 0.592. The summed E-state index contributed by atoms with van der Waals surface area (Å²) in [4.78, 5) is 4.42. The minimum absolute atomic E-state index is 0.115. The van der Waals surface area contributed by atoms with Gasteiger partial charge in [-0.3, -0.25) is 4.57 Å². The van der Waals surface area contributed by atoms with Gasteiger partial charge in [0.1, 0.15) is 17.5 Å². The van der Waals surface area contributed by atoms with E-state index in [-0.39, 0.29) is 11.6 Å². The molecule has 0 amide bonds. The van der Waals surface area contributed by atoms with Crippen LogP contribution in [-0.2, 0) is 5.88 Å². The third-order valence-electron chi connectivity index (χ3n) is 3.22. The van der Waals surface area contributed by atoms with Gasteiger partial charge in [-0.15, -0.1) is 11.6 Å². The van der Waals surface area contributed by atoms with E-state index in [4.69, 9.17) is 11.6 Å². The van der Waals surface area contributed by atoms with Crippen LogP contribution in [0.1, 0.15) is 11.4 Å². The lowest BCUT2D eigenvalue weighted by Gasteiger charge is -2.09. The molecule has 5 heteroatoms. The first kappa shape index (κ1) is 13.1. The van der Waals surface area contributed by atoms with Gasteiger partial charge in [0.15, 0.2) is 0 Å². The number of aryl methyl sites for hydroxylation is 1. The molecule has 3 aromatic rings. The molecule has 0 atom stereocenters. The lowest BCUT2D eigenvalue weighted by Crippen LogP contribution is -2.02. The third-order valence-corrected chi connectivity index (χ3v) is 3.46. The molecule has 0 unspecified atom stereocenters. The number of hydrogen-bond acceptors (Lipinski definition) is 1.